The van der Waals surface area contributed by atoms with Gasteiger partial charge in [0.25, 0.3) is 0 Å². The number of hydrogen-bond acceptors (Lipinski definition) is 4. The number of hydrogen-bond donors (Lipinski definition) is 0. The maximum absolute atomic E-state index is 13.3. The highest BCUT2D eigenvalue weighted by molar-refractivity contribution is 9.08. The highest BCUT2D eigenvalue weighted by Crippen LogP contribution is 2.32. The Hall–Kier alpha value is -1.38. The molecule has 0 spiro atoms. The minimum atomic E-state index is -5.08. The van der Waals surface area contributed by atoms with Crippen LogP contribution < -0.4 is 4.74 Å². The predicted molar refractivity (Wildman–Crippen MR) is 59.5 cm³/mol. The van der Waals surface area contributed by atoms with Gasteiger partial charge in [0.05, 0.1) is 12.8 Å². The van der Waals surface area contributed by atoms with Gasteiger partial charge in [-0.1, -0.05) is 15.9 Å². The minimum Gasteiger partial charge on any atom is -0.461 e. The number of carbonyl (C=O) groups is 1. The predicted octanol–water partition coefficient (Wildman–Crippen LogP) is 3.19. The Kier molecular flexibility index (Phi) is 5.10. The molecule has 0 aliphatic carbocycles. The van der Waals surface area contributed by atoms with Crippen molar-refractivity contribution < 1.29 is 31.8 Å². The zero-order chi connectivity index (χ0) is 14.6. The SMILES string of the molecule is CCOC(=O)c1ncc(F)c(OC(F)(F)F)c1CBr. The molecular formula is C10H8BrF4NO3. The summed E-state index contributed by atoms with van der Waals surface area (Å²) in [6, 6.07) is 0. The van der Waals surface area contributed by atoms with Gasteiger partial charge in [0, 0.05) is 10.9 Å². The van der Waals surface area contributed by atoms with E-state index in [-0.39, 0.29) is 17.5 Å². The van der Waals surface area contributed by atoms with E-state index in [1.54, 1.807) is 0 Å². The molecule has 0 aliphatic heterocycles. The van der Waals surface area contributed by atoms with Gasteiger partial charge in [-0.05, 0) is 6.92 Å². The normalized spacial score (nSPS) is 11.3. The van der Waals surface area contributed by atoms with Crippen molar-refractivity contribution in [2.45, 2.75) is 18.6 Å². The first-order chi connectivity index (χ1) is 8.80. The van der Waals surface area contributed by atoms with E-state index < -0.39 is 29.6 Å². The molecule has 0 atom stereocenters. The first-order valence-electron chi connectivity index (χ1n) is 4.96. The molecule has 0 unspecified atom stereocenters. The Balaban J connectivity index is 3.29. The molecule has 0 fully saturated rings. The molecule has 4 nitrogen and oxygen atoms in total. The maximum atomic E-state index is 13.3. The largest absolute Gasteiger partial charge is 0.573 e. The average molecular weight is 346 g/mol. The third-order valence-corrected chi connectivity index (χ3v) is 2.46. The molecule has 0 aliphatic rings. The summed E-state index contributed by atoms with van der Waals surface area (Å²) in [5, 5.41) is -0.253. The van der Waals surface area contributed by atoms with Crippen LogP contribution in [0.4, 0.5) is 17.6 Å². The molecule has 106 valence electrons. The van der Waals surface area contributed by atoms with Crippen LogP contribution in [0.2, 0.25) is 0 Å². The van der Waals surface area contributed by atoms with Crippen LogP contribution in [0.15, 0.2) is 6.20 Å². The van der Waals surface area contributed by atoms with Gasteiger partial charge in [0.1, 0.15) is 0 Å². The first-order valence-corrected chi connectivity index (χ1v) is 6.08. The van der Waals surface area contributed by atoms with Crippen molar-refractivity contribution in [2.24, 2.45) is 0 Å². The fraction of sp³-hybridized carbons (Fsp3) is 0.400. The summed E-state index contributed by atoms with van der Waals surface area (Å²) in [5.41, 5.74) is -0.796. The van der Waals surface area contributed by atoms with Gasteiger partial charge < -0.3 is 9.47 Å². The molecule has 1 heterocycles. The molecule has 1 aromatic rings. The molecule has 1 aromatic heterocycles. The van der Waals surface area contributed by atoms with E-state index in [9.17, 15) is 22.4 Å². The molecule has 0 N–H and O–H groups in total. The van der Waals surface area contributed by atoms with Crippen LogP contribution >= 0.6 is 15.9 Å². The van der Waals surface area contributed by atoms with E-state index >= 15 is 0 Å². The lowest BCUT2D eigenvalue weighted by atomic mass is 10.2. The molecule has 0 amide bonds. The van der Waals surface area contributed by atoms with E-state index in [0.717, 1.165) is 0 Å². The Bertz CT molecular complexity index is 479. The van der Waals surface area contributed by atoms with Gasteiger partial charge >= 0.3 is 12.3 Å². The van der Waals surface area contributed by atoms with Crippen LogP contribution in [0.5, 0.6) is 5.75 Å². The van der Waals surface area contributed by atoms with Gasteiger partial charge in [-0.3, -0.25) is 0 Å². The molecule has 19 heavy (non-hydrogen) atoms. The fourth-order valence-electron chi connectivity index (χ4n) is 1.23. The summed E-state index contributed by atoms with van der Waals surface area (Å²) < 4.78 is 58.1. The fourth-order valence-corrected chi connectivity index (χ4v) is 1.76. The third kappa shape index (κ3) is 4.05. The van der Waals surface area contributed by atoms with E-state index in [2.05, 4.69) is 30.4 Å². The van der Waals surface area contributed by atoms with Gasteiger partial charge in [-0.25, -0.2) is 14.2 Å². The van der Waals surface area contributed by atoms with Crippen molar-refractivity contribution >= 4 is 21.9 Å². The van der Waals surface area contributed by atoms with Gasteiger partial charge in [-0.2, -0.15) is 0 Å². The number of aromatic nitrogens is 1. The number of ether oxygens (including phenoxy) is 2. The standard InChI is InChI=1S/C10H8BrF4NO3/c1-2-18-9(17)7-5(3-11)8(6(12)4-16-7)19-10(13,14)15/h4H,2-3H2,1H3. The van der Waals surface area contributed by atoms with Gasteiger partial charge in [-0.15, -0.1) is 13.2 Å². The molecule has 0 radical (unpaired) electrons. The highest BCUT2D eigenvalue weighted by Gasteiger charge is 2.35. The lowest BCUT2D eigenvalue weighted by Crippen LogP contribution is -2.21. The molecule has 0 saturated heterocycles. The van der Waals surface area contributed by atoms with Crippen molar-refractivity contribution in [3.63, 3.8) is 0 Å². The zero-order valence-electron chi connectivity index (χ0n) is 9.55. The van der Waals surface area contributed by atoms with E-state index in [0.29, 0.717) is 6.20 Å². The van der Waals surface area contributed by atoms with Crippen molar-refractivity contribution in [3.05, 3.63) is 23.3 Å². The van der Waals surface area contributed by atoms with Crippen molar-refractivity contribution in [1.29, 1.82) is 0 Å². The maximum Gasteiger partial charge on any atom is 0.573 e. The second-order valence-electron chi connectivity index (χ2n) is 3.16. The van der Waals surface area contributed by atoms with Crippen LogP contribution in [-0.2, 0) is 10.1 Å². The molecule has 0 aromatic carbocycles. The van der Waals surface area contributed by atoms with Crippen LogP contribution in [-0.4, -0.2) is 23.9 Å². The molecule has 9 heteroatoms. The number of rotatable bonds is 4. The third-order valence-electron chi connectivity index (χ3n) is 1.90. The van der Waals surface area contributed by atoms with E-state index in [1.165, 1.54) is 6.92 Å². The monoisotopic (exact) mass is 345 g/mol. The molecule has 0 bridgehead atoms. The number of carbonyl (C=O) groups excluding carboxylic acids is 1. The summed E-state index contributed by atoms with van der Waals surface area (Å²) >= 11 is 2.86. The zero-order valence-corrected chi connectivity index (χ0v) is 11.1. The Morgan fingerprint density at radius 3 is 2.58 bits per heavy atom. The minimum absolute atomic E-state index is 0.00900. The second-order valence-corrected chi connectivity index (χ2v) is 3.73. The summed E-state index contributed by atoms with van der Waals surface area (Å²) in [6.07, 6.45) is -4.61. The average Bonchev–Trinajstić information content (AvgIpc) is 2.30. The van der Waals surface area contributed by atoms with Crippen molar-refractivity contribution in [2.75, 3.05) is 6.61 Å². The van der Waals surface area contributed by atoms with Crippen molar-refractivity contribution in [1.82, 2.24) is 4.98 Å². The molecule has 1 rings (SSSR count). The van der Waals surface area contributed by atoms with E-state index in [4.69, 9.17) is 0 Å². The number of halogens is 5. The summed E-state index contributed by atoms with van der Waals surface area (Å²) in [4.78, 5) is 14.9. The topological polar surface area (TPSA) is 48.4 Å². The Labute approximate surface area is 113 Å². The van der Waals surface area contributed by atoms with Gasteiger partial charge in [0.2, 0.25) is 0 Å². The summed E-state index contributed by atoms with van der Waals surface area (Å²) in [6.45, 7) is 1.53. The molecule has 0 saturated carbocycles. The second kappa shape index (κ2) is 6.18. The number of nitrogens with zero attached hydrogens (tertiary/aromatic N) is 1. The lowest BCUT2D eigenvalue weighted by molar-refractivity contribution is -0.275. The van der Waals surface area contributed by atoms with Crippen molar-refractivity contribution in [3.8, 4) is 5.75 Å². The summed E-state index contributed by atoms with van der Waals surface area (Å²) in [5.74, 6) is -3.37. The number of pyridine rings is 1. The van der Waals surface area contributed by atoms with E-state index in [1.807, 2.05) is 0 Å². The number of esters is 1. The lowest BCUT2D eigenvalue weighted by Gasteiger charge is -2.14. The Morgan fingerprint density at radius 1 is 1.47 bits per heavy atom. The van der Waals surface area contributed by atoms with Crippen LogP contribution in [0.1, 0.15) is 23.0 Å². The smallest absolute Gasteiger partial charge is 0.461 e. The molecular weight excluding hydrogens is 338 g/mol. The summed E-state index contributed by atoms with van der Waals surface area (Å²) in [7, 11) is 0. The number of alkyl halides is 4. The first kappa shape index (κ1) is 15.7. The van der Waals surface area contributed by atoms with Crippen LogP contribution in [0, 0.1) is 5.82 Å². The van der Waals surface area contributed by atoms with Crippen LogP contribution in [0.3, 0.4) is 0 Å². The quantitative estimate of drug-likeness (QED) is 0.477. The highest BCUT2D eigenvalue weighted by atomic mass is 79.9. The van der Waals surface area contributed by atoms with Crippen LogP contribution in [0.25, 0.3) is 0 Å². The Morgan fingerprint density at radius 2 is 2.11 bits per heavy atom. The van der Waals surface area contributed by atoms with Gasteiger partial charge in [0.15, 0.2) is 17.3 Å².